The Labute approximate surface area is 161 Å². The Bertz CT molecular complexity index is 1070. The monoisotopic (exact) mass is 382 g/mol. The molecule has 0 bridgehead atoms. The summed E-state index contributed by atoms with van der Waals surface area (Å²) >= 11 is 6.03. The van der Waals surface area contributed by atoms with Crippen LogP contribution >= 0.6 is 11.6 Å². The summed E-state index contributed by atoms with van der Waals surface area (Å²) < 4.78 is 7.30. The predicted octanol–water partition coefficient (Wildman–Crippen LogP) is 3.29. The Kier molecular flexibility index (Phi) is 4.87. The zero-order chi connectivity index (χ0) is 18.8. The molecule has 138 valence electrons. The smallest absolute Gasteiger partial charge is 0.231 e. The van der Waals surface area contributed by atoms with E-state index in [0.717, 1.165) is 35.2 Å². The van der Waals surface area contributed by atoms with E-state index in [1.165, 1.54) is 0 Å². The Hall–Kier alpha value is -2.77. The van der Waals surface area contributed by atoms with Crippen molar-refractivity contribution in [1.82, 2.24) is 30.0 Å². The average molecular weight is 383 g/mol. The van der Waals surface area contributed by atoms with Crippen molar-refractivity contribution in [2.75, 3.05) is 20.6 Å². The molecule has 0 saturated carbocycles. The Morgan fingerprint density at radius 3 is 2.85 bits per heavy atom. The molecule has 27 heavy (non-hydrogen) atoms. The van der Waals surface area contributed by atoms with Crippen molar-refractivity contribution in [3.05, 3.63) is 58.9 Å². The second kappa shape index (κ2) is 7.46. The van der Waals surface area contributed by atoms with Crippen molar-refractivity contribution in [3.8, 4) is 11.4 Å². The van der Waals surface area contributed by atoms with E-state index in [2.05, 4.69) is 25.4 Å². The maximum atomic E-state index is 6.03. The first-order valence-electron chi connectivity index (χ1n) is 8.64. The lowest BCUT2D eigenvalue weighted by Gasteiger charge is -2.09. The fourth-order valence-corrected chi connectivity index (χ4v) is 3.05. The quantitative estimate of drug-likeness (QED) is 0.509. The van der Waals surface area contributed by atoms with Crippen LogP contribution in [0.4, 0.5) is 0 Å². The summed E-state index contributed by atoms with van der Waals surface area (Å²) in [5.74, 6) is 1.08. The van der Waals surface area contributed by atoms with Crippen molar-refractivity contribution in [3.63, 3.8) is 0 Å². The minimum absolute atomic E-state index is 0.538. The minimum Gasteiger partial charge on any atom is -0.339 e. The van der Waals surface area contributed by atoms with Gasteiger partial charge in [0.2, 0.25) is 11.7 Å². The number of hydrogen-bond acceptors (Lipinski definition) is 6. The summed E-state index contributed by atoms with van der Waals surface area (Å²) in [6.45, 7) is 1.69. The Morgan fingerprint density at radius 1 is 1.15 bits per heavy atom. The van der Waals surface area contributed by atoms with Gasteiger partial charge in [-0.3, -0.25) is 0 Å². The van der Waals surface area contributed by atoms with Gasteiger partial charge in [0.15, 0.2) is 0 Å². The third kappa shape index (κ3) is 3.99. The number of aromatic nitrogens is 5. The number of hydrogen-bond donors (Lipinski definition) is 0. The third-order valence-electron chi connectivity index (χ3n) is 4.24. The Balaban J connectivity index is 1.55. The zero-order valence-corrected chi connectivity index (χ0v) is 15.9. The van der Waals surface area contributed by atoms with E-state index in [9.17, 15) is 0 Å². The van der Waals surface area contributed by atoms with E-state index < -0.39 is 0 Å². The molecule has 2 heterocycles. The van der Waals surface area contributed by atoms with E-state index in [1.807, 2.05) is 61.2 Å². The van der Waals surface area contributed by atoms with Crippen LogP contribution in [0.1, 0.15) is 11.5 Å². The predicted molar refractivity (Wildman–Crippen MR) is 104 cm³/mol. The molecule has 2 aromatic carbocycles. The van der Waals surface area contributed by atoms with Crippen LogP contribution in [-0.4, -0.2) is 50.7 Å². The van der Waals surface area contributed by atoms with Crippen LogP contribution < -0.4 is 0 Å². The first-order valence-corrected chi connectivity index (χ1v) is 9.02. The molecule has 8 heteroatoms. The van der Waals surface area contributed by atoms with Crippen molar-refractivity contribution in [1.29, 1.82) is 0 Å². The lowest BCUT2D eigenvalue weighted by atomic mass is 10.1. The molecular weight excluding hydrogens is 364 g/mol. The van der Waals surface area contributed by atoms with Gasteiger partial charge in [-0.1, -0.05) is 34.1 Å². The van der Waals surface area contributed by atoms with Crippen LogP contribution in [-0.2, 0) is 13.0 Å². The van der Waals surface area contributed by atoms with Gasteiger partial charge in [0.05, 0.1) is 18.5 Å². The molecule has 4 rings (SSSR count). The van der Waals surface area contributed by atoms with Crippen molar-refractivity contribution in [2.45, 2.75) is 13.0 Å². The van der Waals surface area contributed by atoms with E-state index in [-0.39, 0.29) is 0 Å². The molecule has 7 nitrogen and oxygen atoms in total. The number of rotatable bonds is 6. The molecule has 0 aliphatic heterocycles. The molecule has 0 fully saturated rings. The standard InChI is InChI=1S/C19H19ClN6O/c1-25(2)8-9-26-17-7-6-14(12-16(17)22-24-26)19-21-18(27-23-19)11-13-4-3-5-15(20)10-13/h3-7,10,12H,8-9,11H2,1-2H3. The van der Waals surface area contributed by atoms with Crippen LogP contribution in [0.5, 0.6) is 0 Å². The lowest BCUT2D eigenvalue weighted by molar-refractivity contribution is 0.374. The number of likely N-dealkylation sites (N-methyl/N-ethyl adjacent to an activating group) is 1. The van der Waals surface area contributed by atoms with Gasteiger partial charge in [-0.15, -0.1) is 5.10 Å². The summed E-state index contributed by atoms with van der Waals surface area (Å²) in [7, 11) is 4.07. The summed E-state index contributed by atoms with van der Waals surface area (Å²) in [4.78, 5) is 6.61. The highest BCUT2D eigenvalue weighted by atomic mass is 35.5. The van der Waals surface area contributed by atoms with Gasteiger partial charge < -0.3 is 9.42 Å². The fraction of sp³-hybridized carbons (Fsp3) is 0.263. The first kappa shape index (κ1) is 17.6. The molecule has 0 radical (unpaired) electrons. The molecule has 0 aliphatic rings. The van der Waals surface area contributed by atoms with Gasteiger partial charge in [0.1, 0.15) is 5.52 Å². The highest BCUT2D eigenvalue weighted by molar-refractivity contribution is 6.30. The van der Waals surface area contributed by atoms with E-state index in [4.69, 9.17) is 16.1 Å². The van der Waals surface area contributed by atoms with E-state index >= 15 is 0 Å². The zero-order valence-electron chi connectivity index (χ0n) is 15.1. The topological polar surface area (TPSA) is 72.9 Å². The minimum atomic E-state index is 0.538. The van der Waals surface area contributed by atoms with E-state index in [0.29, 0.717) is 23.2 Å². The SMILES string of the molecule is CN(C)CCn1nnc2cc(-c3noc(Cc4cccc(Cl)c4)n3)ccc21. The van der Waals surface area contributed by atoms with Crippen LogP contribution in [0.15, 0.2) is 47.0 Å². The second-order valence-electron chi connectivity index (χ2n) is 6.64. The van der Waals surface area contributed by atoms with Crippen LogP contribution in [0.25, 0.3) is 22.4 Å². The van der Waals surface area contributed by atoms with E-state index in [1.54, 1.807) is 0 Å². The summed E-state index contributed by atoms with van der Waals surface area (Å²) in [6, 6.07) is 13.5. The van der Waals surface area contributed by atoms with Gasteiger partial charge >= 0.3 is 0 Å². The lowest BCUT2D eigenvalue weighted by Crippen LogP contribution is -2.18. The van der Waals surface area contributed by atoms with Crippen LogP contribution in [0, 0.1) is 0 Å². The van der Waals surface area contributed by atoms with Gasteiger partial charge in [-0.2, -0.15) is 4.98 Å². The van der Waals surface area contributed by atoms with Gasteiger partial charge in [-0.25, -0.2) is 4.68 Å². The molecule has 4 aromatic rings. The molecule has 0 saturated heterocycles. The van der Waals surface area contributed by atoms with Crippen LogP contribution in [0.3, 0.4) is 0 Å². The summed E-state index contributed by atoms with van der Waals surface area (Å²) in [5, 5.41) is 13.3. The Morgan fingerprint density at radius 2 is 2.04 bits per heavy atom. The van der Waals surface area contributed by atoms with Gasteiger partial charge in [-0.05, 0) is 50.0 Å². The molecular formula is C19H19ClN6O. The first-order chi connectivity index (χ1) is 13.1. The number of nitrogens with zero attached hydrogens (tertiary/aromatic N) is 6. The van der Waals surface area contributed by atoms with Crippen LogP contribution in [0.2, 0.25) is 5.02 Å². The normalized spacial score (nSPS) is 11.6. The molecule has 0 spiro atoms. The second-order valence-corrected chi connectivity index (χ2v) is 7.07. The third-order valence-corrected chi connectivity index (χ3v) is 4.48. The number of benzene rings is 2. The largest absolute Gasteiger partial charge is 0.339 e. The number of fused-ring (bicyclic) bond motifs is 1. The van der Waals surface area contributed by atoms with Gasteiger partial charge in [0.25, 0.3) is 0 Å². The van der Waals surface area contributed by atoms with Crippen molar-refractivity contribution in [2.24, 2.45) is 0 Å². The highest BCUT2D eigenvalue weighted by Crippen LogP contribution is 2.22. The fourth-order valence-electron chi connectivity index (χ4n) is 2.84. The molecule has 0 N–H and O–H groups in total. The molecule has 0 atom stereocenters. The van der Waals surface area contributed by atoms with Gasteiger partial charge in [0, 0.05) is 17.1 Å². The molecule has 0 aliphatic carbocycles. The van der Waals surface area contributed by atoms with Crippen molar-refractivity contribution >= 4 is 22.6 Å². The molecule has 0 unspecified atom stereocenters. The van der Waals surface area contributed by atoms with Crippen molar-refractivity contribution < 1.29 is 4.52 Å². The maximum absolute atomic E-state index is 6.03. The summed E-state index contributed by atoms with van der Waals surface area (Å²) in [5.41, 5.74) is 3.68. The average Bonchev–Trinajstić information content (AvgIpc) is 3.26. The highest BCUT2D eigenvalue weighted by Gasteiger charge is 2.12. The number of halogens is 1. The molecule has 0 amide bonds. The summed E-state index contributed by atoms with van der Waals surface area (Å²) in [6.07, 6.45) is 0.538. The molecule has 2 aromatic heterocycles. The maximum Gasteiger partial charge on any atom is 0.231 e.